The van der Waals surface area contributed by atoms with Crippen LogP contribution in [0, 0.1) is 18.3 Å². The van der Waals surface area contributed by atoms with Crippen LogP contribution in [0.4, 0.5) is 0 Å². The molecule has 0 saturated heterocycles. The molecule has 0 heterocycles. The average Bonchev–Trinajstić information content (AvgIpc) is 2.42. The lowest BCUT2D eigenvalue weighted by atomic mass is 9.84. The van der Waals surface area contributed by atoms with Crippen LogP contribution in [0.5, 0.6) is 0 Å². The van der Waals surface area contributed by atoms with Gasteiger partial charge in [-0.15, -0.1) is 0 Å². The van der Waals surface area contributed by atoms with Gasteiger partial charge < -0.3 is 5.32 Å². The summed E-state index contributed by atoms with van der Waals surface area (Å²) in [5, 5.41) is 12.6. The van der Waals surface area contributed by atoms with Gasteiger partial charge in [-0.05, 0) is 31.4 Å². The van der Waals surface area contributed by atoms with E-state index in [4.69, 9.17) is 0 Å². The predicted octanol–water partition coefficient (Wildman–Crippen LogP) is 3.73. The first-order valence-corrected chi connectivity index (χ1v) is 7.46. The Morgan fingerprint density at radius 2 is 1.75 bits per heavy atom. The fourth-order valence-corrected chi connectivity index (χ4v) is 2.89. The molecule has 0 spiro atoms. The molecule has 2 rings (SSSR count). The van der Waals surface area contributed by atoms with E-state index in [1.807, 2.05) is 31.2 Å². The Bertz CT molecular complexity index is 508. The number of rotatable bonds is 2. The molecule has 0 atom stereocenters. The number of aryl methyl sites for hydroxylation is 1. The Balaban J connectivity index is 2.14. The third-order valence-corrected chi connectivity index (χ3v) is 4.16. The molecule has 0 aliphatic heterocycles. The van der Waals surface area contributed by atoms with Crippen LogP contribution >= 0.6 is 0 Å². The highest BCUT2D eigenvalue weighted by molar-refractivity contribution is 5.96. The van der Waals surface area contributed by atoms with Gasteiger partial charge in [0.1, 0.15) is 5.54 Å². The molecule has 20 heavy (non-hydrogen) atoms. The molecule has 0 radical (unpaired) electrons. The third-order valence-electron chi connectivity index (χ3n) is 4.16. The Morgan fingerprint density at radius 1 is 1.15 bits per heavy atom. The van der Waals surface area contributed by atoms with Crippen molar-refractivity contribution in [2.45, 2.75) is 57.4 Å². The molecule has 1 N–H and O–H groups in total. The normalized spacial score (nSPS) is 18.4. The van der Waals surface area contributed by atoms with Crippen LogP contribution in [0.15, 0.2) is 24.3 Å². The molecule has 106 valence electrons. The van der Waals surface area contributed by atoms with Gasteiger partial charge in [0.05, 0.1) is 6.07 Å². The van der Waals surface area contributed by atoms with Crippen LogP contribution in [-0.4, -0.2) is 11.4 Å². The van der Waals surface area contributed by atoms with Crippen LogP contribution in [0.1, 0.15) is 60.9 Å². The summed E-state index contributed by atoms with van der Waals surface area (Å²) >= 11 is 0. The van der Waals surface area contributed by atoms with Gasteiger partial charge in [-0.3, -0.25) is 4.79 Å². The fraction of sp³-hybridized carbons (Fsp3) is 0.529. The molecule has 1 aliphatic carbocycles. The summed E-state index contributed by atoms with van der Waals surface area (Å²) in [4.78, 5) is 12.4. The number of nitrogens with zero attached hydrogens (tertiary/aromatic N) is 1. The maximum Gasteiger partial charge on any atom is 0.252 e. The second-order valence-corrected chi connectivity index (χ2v) is 5.73. The minimum atomic E-state index is -0.681. The molecule has 0 unspecified atom stereocenters. The lowest BCUT2D eigenvalue weighted by Crippen LogP contribution is -2.47. The van der Waals surface area contributed by atoms with Crippen molar-refractivity contribution in [3.8, 4) is 6.07 Å². The van der Waals surface area contributed by atoms with Gasteiger partial charge in [-0.2, -0.15) is 5.26 Å². The van der Waals surface area contributed by atoms with Crippen molar-refractivity contribution in [1.29, 1.82) is 5.26 Å². The first kappa shape index (κ1) is 14.6. The van der Waals surface area contributed by atoms with Crippen molar-refractivity contribution in [2.24, 2.45) is 0 Å². The summed E-state index contributed by atoms with van der Waals surface area (Å²) < 4.78 is 0. The van der Waals surface area contributed by atoms with Gasteiger partial charge in [-0.25, -0.2) is 0 Å². The third kappa shape index (κ3) is 3.39. The van der Waals surface area contributed by atoms with E-state index in [9.17, 15) is 10.1 Å². The van der Waals surface area contributed by atoms with Gasteiger partial charge in [-0.1, -0.05) is 50.3 Å². The minimum Gasteiger partial charge on any atom is -0.334 e. The van der Waals surface area contributed by atoms with Crippen LogP contribution in [0.2, 0.25) is 0 Å². The highest BCUT2D eigenvalue weighted by atomic mass is 16.1. The molecule has 1 aliphatic rings. The van der Waals surface area contributed by atoms with E-state index in [2.05, 4.69) is 11.4 Å². The molecule has 0 aromatic heterocycles. The molecular formula is C17H22N2O. The molecule has 3 nitrogen and oxygen atoms in total. The zero-order chi connectivity index (χ0) is 14.4. The maximum atomic E-state index is 12.4. The van der Waals surface area contributed by atoms with E-state index in [1.54, 1.807) is 0 Å². The van der Waals surface area contributed by atoms with E-state index in [0.717, 1.165) is 44.1 Å². The van der Waals surface area contributed by atoms with E-state index < -0.39 is 5.54 Å². The average molecular weight is 270 g/mol. The van der Waals surface area contributed by atoms with Gasteiger partial charge in [0.15, 0.2) is 0 Å². The van der Waals surface area contributed by atoms with Gasteiger partial charge in [0, 0.05) is 5.56 Å². The maximum absolute atomic E-state index is 12.4. The molecule has 1 saturated carbocycles. The van der Waals surface area contributed by atoms with Crippen LogP contribution in [-0.2, 0) is 0 Å². The Morgan fingerprint density at radius 3 is 2.35 bits per heavy atom. The molecule has 1 amide bonds. The molecule has 0 bridgehead atoms. The number of carbonyl (C=O) groups excluding carboxylic acids is 1. The summed E-state index contributed by atoms with van der Waals surface area (Å²) in [6, 6.07) is 9.89. The predicted molar refractivity (Wildman–Crippen MR) is 79.3 cm³/mol. The Kier molecular flexibility index (Phi) is 4.79. The number of benzene rings is 1. The Labute approximate surface area is 121 Å². The summed E-state index contributed by atoms with van der Waals surface area (Å²) in [7, 11) is 0. The van der Waals surface area contributed by atoms with E-state index in [-0.39, 0.29) is 5.91 Å². The zero-order valence-electron chi connectivity index (χ0n) is 12.1. The van der Waals surface area contributed by atoms with E-state index in [1.165, 1.54) is 6.42 Å². The largest absolute Gasteiger partial charge is 0.334 e. The SMILES string of the molecule is Cc1ccccc1C(=O)NC1(C#N)CCCCCCC1. The van der Waals surface area contributed by atoms with E-state index >= 15 is 0 Å². The van der Waals surface area contributed by atoms with Crippen molar-refractivity contribution < 1.29 is 4.79 Å². The summed E-state index contributed by atoms with van der Waals surface area (Å²) in [6.45, 7) is 1.92. The highest BCUT2D eigenvalue weighted by Crippen LogP contribution is 2.26. The standard InChI is InChI=1S/C17H22N2O/c1-14-9-5-6-10-15(14)16(20)19-17(13-18)11-7-3-2-4-8-12-17/h5-6,9-10H,2-4,7-8,11-12H2,1H3,(H,19,20). The second-order valence-electron chi connectivity index (χ2n) is 5.73. The number of amides is 1. The summed E-state index contributed by atoms with van der Waals surface area (Å²) in [5.41, 5.74) is 0.938. The van der Waals surface area contributed by atoms with Crippen molar-refractivity contribution in [3.63, 3.8) is 0 Å². The first-order chi connectivity index (χ1) is 9.67. The van der Waals surface area contributed by atoms with Gasteiger partial charge >= 0.3 is 0 Å². The number of nitriles is 1. The number of nitrogens with one attached hydrogen (secondary N) is 1. The fourth-order valence-electron chi connectivity index (χ4n) is 2.89. The van der Waals surface area contributed by atoms with E-state index in [0.29, 0.717) is 5.56 Å². The van der Waals surface area contributed by atoms with Crippen LogP contribution < -0.4 is 5.32 Å². The molecular weight excluding hydrogens is 248 g/mol. The number of hydrogen-bond acceptors (Lipinski definition) is 2. The summed E-state index contributed by atoms with van der Waals surface area (Å²) in [6.07, 6.45) is 7.12. The van der Waals surface area contributed by atoms with Crippen molar-refractivity contribution in [3.05, 3.63) is 35.4 Å². The lowest BCUT2D eigenvalue weighted by Gasteiger charge is -2.30. The number of hydrogen-bond donors (Lipinski definition) is 1. The highest BCUT2D eigenvalue weighted by Gasteiger charge is 2.32. The topological polar surface area (TPSA) is 52.9 Å². The molecule has 1 fully saturated rings. The Hall–Kier alpha value is -1.82. The first-order valence-electron chi connectivity index (χ1n) is 7.46. The second kappa shape index (κ2) is 6.56. The van der Waals surface area contributed by atoms with Crippen molar-refractivity contribution in [1.82, 2.24) is 5.32 Å². The monoisotopic (exact) mass is 270 g/mol. The summed E-state index contributed by atoms with van der Waals surface area (Å²) in [5.74, 6) is -0.120. The van der Waals surface area contributed by atoms with Crippen LogP contribution in [0.3, 0.4) is 0 Å². The van der Waals surface area contributed by atoms with Crippen molar-refractivity contribution in [2.75, 3.05) is 0 Å². The molecule has 1 aromatic carbocycles. The van der Waals surface area contributed by atoms with Crippen molar-refractivity contribution >= 4 is 5.91 Å². The van der Waals surface area contributed by atoms with Gasteiger partial charge in [0.25, 0.3) is 5.91 Å². The molecule has 1 aromatic rings. The lowest BCUT2D eigenvalue weighted by molar-refractivity contribution is 0.0907. The molecule has 3 heteroatoms. The zero-order valence-corrected chi connectivity index (χ0v) is 12.1. The van der Waals surface area contributed by atoms with Gasteiger partial charge in [0.2, 0.25) is 0 Å². The minimum absolute atomic E-state index is 0.120. The quantitative estimate of drug-likeness (QED) is 0.890. The smallest absolute Gasteiger partial charge is 0.252 e. The number of carbonyl (C=O) groups is 1. The van der Waals surface area contributed by atoms with Crippen LogP contribution in [0.25, 0.3) is 0 Å².